The predicted octanol–water partition coefficient (Wildman–Crippen LogP) is 1.37. The molecule has 2 aliphatic rings. The van der Waals surface area contributed by atoms with E-state index in [1.165, 1.54) is 0 Å². The van der Waals surface area contributed by atoms with Crippen LogP contribution in [-0.4, -0.2) is 67.6 Å². The Morgan fingerprint density at radius 3 is 2.48 bits per heavy atom. The number of ether oxygens (including phenoxy) is 1. The zero-order valence-electron chi connectivity index (χ0n) is 15.0. The van der Waals surface area contributed by atoms with Gasteiger partial charge in [-0.2, -0.15) is 0 Å². The largest absolute Gasteiger partial charge is 0.378 e. The van der Waals surface area contributed by atoms with Crippen molar-refractivity contribution in [2.45, 2.75) is 25.9 Å². The van der Waals surface area contributed by atoms with E-state index in [2.05, 4.69) is 17.3 Å². The molecule has 2 fully saturated rings. The number of rotatable bonds is 6. The molecule has 0 aromatic heterocycles. The van der Waals surface area contributed by atoms with Crippen LogP contribution in [0.2, 0.25) is 0 Å². The fourth-order valence-electron chi connectivity index (χ4n) is 3.13. The lowest BCUT2D eigenvalue weighted by Crippen LogP contribution is -2.47. The maximum Gasteiger partial charge on any atom is 0.230 e. The first kappa shape index (κ1) is 17.9. The number of likely N-dealkylation sites (N-methyl/N-ethyl adjacent to an activating group) is 1. The molecule has 1 N–H and O–H groups in total. The number of benzene rings is 1. The number of amides is 2. The second-order valence-electron chi connectivity index (χ2n) is 6.88. The summed E-state index contributed by atoms with van der Waals surface area (Å²) in [5, 5.41) is 2.92. The first-order valence-electron chi connectivity index (χ1n) is 9.04. The highest BCUT2D eigenvalue weighted by atomic mass is 16.5. The Labute approximate surface area is 149 Å². The minimum absolute atomic E-state index is 0.0136. The molecular weight excluding hydrogens is 318 g/mol. The van der Waals surface area contributed by atoms with Crippen molar-refractivity contribution in [2.24, 2.45) is 5.92 Å². The van der Waals surface area contributed by atoms with E-state index in [1.54, 1.807) is 0 Å². The molecule has 136 valence electrons. The van der Waals surface area contributed by atoms with E-state index in [4.69, 9.17) is 4.74 Å². The summed E-state index contributed by atoms with van der Waals surface area (Å²) in [7, 11) is 2.08. The molecular formula is C19H27N3O3. The second kappa shape index (κ2) is 7.97. The molecule has 1 aliphatic carbocycles. The molecule has 2 amide bonds. The molecule has 1 aromatic carbocycles. The number of nitrogens with zero attached hydrogens (tertiary/aromatic N) is 2. The molecule has 1 aliphatic heterocycles. The molecule has 1 aromatic rings. The van der Waals surface area contributed by atoms with Gasteiger partial charge in [-0.25, -0.2) is 0 Å². The number of carbonyl (C=O) groups excluding carboxylic acids is 2. The highest BCUT2D eigenvalue weighted by molar-refractivity contribution is 5.94. The van der Waals surface area contributed by atoms with Gasteiger partial charge in [-0.05, 0) is 38.1 Å². The number of hydrogen-bond acceptors (Lipinski definition) is 4. The van der Waals surface area contributed by atoms with E-state index in [0.717, 1.165) is 43.9 Å². The second-order valence-corrected chi connectivity index (χ2v) is 6.88. The monoisotopic (exact) mass is 345 g/mol. The summed E-state index contributed by atoms with van der Waals surface area (Å²) in [6.45, 7) is 6.04. The van der Waals surface area contributed by atoms with Crippen molar-refractivity contribution in [1.82, 2.24) is 9.80 Å². The van der Waals surface area contributed by atoms with Crippen LogP contribution in [-0.2, 0) is 20.7 Å². The molecule has 1 saturated carbocycles. The molecule has 3 rings (SSSR count). The van der Waals surface area contributed by atoms with E-state index >= 15 is 0 Å². The van der Waals surface area contributed by atoms with Crippen molar-refractivity contribution in [2.75, 3.05) is 45.2 Å². The highest BCUT2D eigenvalue weighted by Crippen LogP contribution is 2.34. The summed E-state index contributed by atoms with van der Waals surface area (Å²) in [4.78, 5) is 28.6. The van der Waals surface area contributed by atoms with Gasteiger partial charge in [-0.15, -0.1) is 0 Å². The molecule has 2 atom stereocenters. The molecule has 0 radical (unpaired) electrons. The summed E-state index contributed by atoms with van der Waals surface area (Å²) in [5.74, 6) is 0.153. The van der Waals surface area contributed by atoms with Crippen LogP contribution in [0.15, 0.2) is 24.3 Å². The Hall–Kier alpha value is -1.92. The lowest BCUT2D eigenvalue weighted by Gasteiger charge is -2.32. The molecule has 1 heterocycles. The van der Waals surface area contributed by atoms with Crippen molar-refractivity contribution in [1.29, 1.82) is 0 Å². The summed E-state index contributed by atoms with van der Waals surface area (Å²) in [5.41, 5.74) is 1.74. The van der Waals surface area contributed by atoms with E-state index in [1.807, 2.05) is 36.1 Å². The van der Waals surface area contributed by atoms with E-state index in [0.29, 0.717) is 13.0 Å². The van der Waals surface area contributed by atoms with E-state index < -0.39 is 0 Å². The van der Waals surface area contributed by atoms with Crippen LogP contribution in [0.1, 0.15) is 18.9 Å². The van der Waals surface area contributed by atoms with Crippen LogP contribution in [0.25, 0.3) is 0 Å². The Kier molecular flexibility index (Phi) is 5.71. The Morgan fingerprint density at radius 2 is 1.84 bits per heavy atom. The summed E-state index contributed by atoms with van der Waals surface area (Å²) in [6, 6.07) is 7.55. The maximum absolute atomic E-state index is 12.4. The fraction of sp³-hybridized carbons (Fsp3) is 0.579. The topological polar surface area (TPSA) is 61.9 Å². The molecule has 0 spiro atoms. The van der Waals surface area contributed by atoms with E-state index in [-0.39, 0.29) is 23.8 Å². The van der Waals surface area contributed by atoms with Gasteiger partial charge in [-0.3, -0.25) is 9.59 Å². The van der Waals surface area contributed by atoms with Gasteiger partial charge in [0.25, 0.3) is 0 Å². The molecule has 6 nitrogen and oxygen atoms in total. The van der Waals surface area contributed by atoms with Crippen LogP contribution in [0.3, 0.4) is 0 Å². The molecule has 25 heavy (non-hydrogen) atoms. The first-order valence-corrected chi connectivity index (χ1v) is 9.04. The fourth-order valence-corrected chi connectivity index (χ4v) is 3.13. The number of carbonyl (C=O) groups is 2. The zero-order chi connectivity index (χ0) is 17.8. The smallest absolute Gasteiger partial charge is 0.230 e. The summed E-state index contributed by atoms with van der Waals surface area (Å²) >= 11 is 0. The lowest BCUT2D eigenvalue weighted by atomic mass is 10.1. The number of piperazine rings is 1. The minimum Gasteiger partial charge on any atom is -0.378 e. The Morgan fingerprint density at radius 1 is 1.16 bits per heavy atom. The standard InChI is InChI=1S/C19H27N3O3/c1-3-25-17-13-16(17)19(24)20-15-6-4-14(5-7-15)12-18(23)22-10-8-21(2)9-11-22/h4-7,16-17H,3,8-13H2,1-2H3,(H,20,24)/t16-,17-/m1/s1. The summed E-state index contributed by atoms with van der Waals surface area (Å²) < 4.78 is 5.45. The normalized spacial score (nSPS) is 23.4. The number of nitrogens with one attached hydrogen (secondary N) is 1. The third kappa shape index (κ3) is 4.80. The van der Waals surface area contributed by atoms with Gasteiger partial charge in [0.1, 0.15) is 0 Å². The molecule has 1 saturated heterocycles. The van der Waals surface area contributed by atoms with Gasteiger partial charge in [-0.1, -0.05) is 12.1 Å². The van der Waals surface area contributed by atoms with Crippen LogP contribution >= 0.6 is 0 Å². The summed E-state index contributed by atoms with van der Waals surface area (Å²) in [6.07, 6.45) is 1.29. The van der Waals surface area contributed by atoms with Gasteiger partial charge in [0.05, 0.1) is 18.4 Å². The Bertz CT molecular complexity index is 609. The molecule has 6 heteroatoms. The van der Waals surface area contributed by atoms with Crippen molar-refractivity contribution in [3.63, 3.8) is 0 Å². The lowest BCUT2D eigenvalue weighted by molar-refractivity contribution is -0.132. The quantitative estimate of drug-likeness (QED) is 0.846. The van der Waals surface area contributed by atoms with Crippen molar-refractivity contribution in [3.05, 3.63) is 29.8 Å². The zero-order valence-corrected chi connectivity index (χ0v) is 15.0. The van der Waals surface area contributed by atoms with Gasteiger partial charge in [0.15, 0.2) is 0 Å². The van der Waals surface area contributed by atoms with Crippen molar-refractivity contribution < 1.29 is 14.3 Å². The third-order valence-electron chi connectivity index (χ3n) is 4.88. The average Bonchev–Trinajstić information content (AvgIpc) is 3.37. The first-order chi connectivity index (χ1) is 12.1. The highest BCUT2D eigenvalue weighted by Gasteiger charge is 2.43. The van der Waals surface area contributed by atoms with E-state index in [9.17, 15) is 9.59 Å². The SMILES string of the molecule is CCO[C@@H]1C[C@H]1C(=O)Nc1ccc(CC(=O)N2CCN(C)CC2)cc1. The molecule has 0 unspecified atom stereocenters. The van der Waals surface area contributed by atoms with Gasteiger partial charge >= 0.3 is 0 Å². The number of anilines is 1. The van der Waals surface area contributed by atoms with Crippen molar-refractivity contribution >= 4 is 17.5 Å². The molecule has 0 bridgehead atoms. The predicted molar refractivity (Wildman–Crippen MR) is 96.4 cm³/mol. The minimum atomic E-state index is -0.0292. The third-order valence-corrected chi connectivity index (χ3v) is 4.88. The van der Waals surface area contributed by atoms with Crippen LogP contribution in [0.4, 0.5) is 5.69 Å². The van der Waals surface area contributed by atoms with Gasteiger partial charge in [0.2, 0.25) is 11.8 Å². The van der Waals surface area contributed by atoms with Crippen LogP contribution in [0, 0.1) is 5.92 Å². The van der Waals surface area contributed by atoms with Crippen LogP contribution < -0.4 is 5.32 Å². The average molecular weight is 345 g/mol. The van der Waals surface area contributed by atoms with Crippen molar-refractivity contribution in [3.8, 4) is 0 Å². The number of hydrogen-bond donors (Lipinski definition) is 1. The van der Waals surface area contributed by atoms with Crippen LogP contribution in [0.5, 0.6) is 0 Å². The van der Waals surface area contributed by atoms with Gasteiger partial charge in [0, 0.05) is 38.5 Å². The maximum atomic E-state index is 12.4. The Balaban J connectivity index is 1.47. The van der Waals surface area contributed by atoms with Gasteiger partial charge < -0.3 is 19.9 Å².